The molecule has 120 valence electrons. The van der Waals surface area contributed by atoms with Crippen molar-refractivity contribution in [3.8, 4) is 0 Å². The Morgan fingerprint density at radius 1 is 1.13 bits per heavy atom. The Balaban J connectivity index is 2.36. The number of aromatic nitrogens is 2. The van der Waals surface area contributed by atoms with Crippen LogP contribution in [0.1, 0.15) is 26.5 Å². The van der Waals surface area contributed by atoms with Crippen LogP contribution in [0.25, 0.3) is 0 Å². The summed E-state index contributed by atoms with van der Waals surface area (Å²) in [6.45, 7) is 0. The summed E-state index contributed by atoms with van der Waals surface area (Å²) >= 11 is 5.75. The Morgan fingerprint density at radius 3 is 2.30 bits per heavy atom. The highest BCUT2D eigenvalue weighted by Gasteiger charge is 2.31. The Labute approximate surface area is 131 Å². The molecular formula is C13H7ClF3N3O3. The summed E-state index contributed by atoms with van der Waals surface area (Å²) in [7, 11) is 0. The first-order valence-corrected chi connectivity index (χ1v) is 6.30. The van der Waals surface area contributed by atoms with Gasteiger partial charge >= 0.3 is 12.1 Å². The number of halogens is 4. The van der Waals surface area contributed by atoms with Gasteiger partial charge in [0.05, 0.1) is 16.3 Å². The van der Waals surface area contributed by atoms with Gasteiger partial charge in [-0.2, -0.15) is 13.2 Å². The van der Waals surface area contributed by atoms with Gasteiger partial charge in [-0.1, -0.05) is 11.6 Å². The van der Waals surface area contributed by atoms with Gasteiger partial charge in [0.1, 0.15) is 0 Å². The first-order valence-electron chi connectivity index (χ1n) is 5.92. The number of carboxylic acids is 1. The van der Waals surface area contributed by atoms with E-state index in [-0.39, 0.29) is 10.7 Å². The van der Waals surface area contributed by atoms with E-state index in [1.54, 1.807) is 0 Å². The van der Waals surface area contributed by atoms with E-state index >= 15 is 0 Å². The number of hydrogen-bond acceptors (Lipinski definition) is 4. The number of carboxylic acid groups (broad SMARTS) is 1. The molecule has 0 atom stereocenters. The highest BCUT2D eigenvalue weighted by atomic mass is 35.5. The van der Waals surface area contributed by atoms with Crippen LogP contribution in [0.3, 0.4) is 0 Å². The van der Waals surface area contributed by atoms with E-state index < -0.39 is 35.0 Å². The molecule has 0 saturated heterocycles. The summed E-state index contributed by atoms with van der Waals surface area (Å²) in [5, 5.41) is 10.9. The van der Waals surface area contributed by atoms with E-state index in [4.69, 9.17) is 16.7 Å². The monoisotopic (exact) mass is 345 g/mol. The number of amides is 1. The van der Waals surface area contributed by atoms with Gasteiger partial charge in [-0.15, -0.1) is 0 Å². The van der Waals surface area contributed by atoms with Crippen LogP contribution >= 0.6 is 11.6 Å². The van der Waals surface area contributed by atoms with Crippen LogP contribution in [-0.4, -0.2) is 27.0 Å². The van der Waals surface area contributed by atoms with Gasteiger partial charge in [0.15, 0.2) is 11.4 Å². The van der Waals surface area contributed by atoms with Crippen LogP contribution in [0.5, 0.6) is 0 Å². The molecule has 1 heterocycles. The van der Waals surface area contributed by atoms with E-state index in [1.165, 1.54) is 0 Å². The first-order chi connectivity index (χ1) is 10.7. The lowest BCUT2D eigenvalue weighted by Crippen LogP contribution is -2.20. The Bertz CT molecular complexity index is 781. The second kappa shape index (κ2) is 6.21. The Morgan fingerprint density at radius 2 is 1.74 bits per heavy atom. The predicted molar refractivity (Wildman–Crippen MR) is 73.4 cm³/mol. The molecule has 0 spiro atoms. The number of hydrogen-bond donors (Lipinski definition) is 2. The van der Waals surface area contributed by atoms with Crippen LogP contribution in [0.15, 0.2) is 30.6 Å². The first kappa shape index (κ1) is 16.7. The maximum absolute atomic E-state index is 12.7. The molecule has 0 unspecified atom stereocenters. The number of rotatable bonds is 3. The topological polar surface area (TPSA) is 92.2 Å². The van der Waals surface area contributed by atoms with Crippen LogP contribution in [0.2, 0.25) is 5.02 Å². The molecule has 0 radical (unpaired) electrons. The zero-order valence-corrected chi connectivity index (χ0v) is 11.8. The van der Waals surface area contributed by atoms with Crippen molar-refractivity contribution in [2.75, 3.05) is 5.32 Å². The van der Waals surface area contributed by atoms with Crippen molar-refractivity contribution in [1.82, 2.24) is 9.97 Å². The normalized spacial score (nSPS) is 11.1. The van der Waals surface area contributed by atoms with Gasteiger partial charge in [0.25, 0.3) is 5.91 Å². The lowest BCUT2D eigenvalue weighted by molar-refractivity contribution is -0.137. The van der Waals surface area contributed by atoms with Crippen LogP contribution < -0.4 is 5.32 Å². The van der Waals surface area contributed by atoms with Gasteiger partial charge in [-0.3, -0.25) is 4.79 Å². The number of nitrogens with one attached hydrogen (secondary N) is 1. The van der Waals surface area contributed by atoms with Gasteiger partial charge in [-0.25, -0.2) is 14.8 Å². The van der Waals surface area contributed by atoms with E-state index in [1.807, 2.05) is 0 Å². The van der Waals surface area contributed by atoms with Crippen molar-refractivity contribution in [2.24, 2.45) is 0 Å². The van der Waals surface area contributed by atoms with Crippen molar-refractivity contribution in [3.63, 3.8) is 0 Å². The third-order valence-electron chi connectivity index (χ3n) is 2.66. The summed E-state index contributed by atoms with van der Waals surface area (Å²) in [5.74, 6) is -2.55. The summed E-state index contributed by atoms with van der Waals surface area (Å²) in [6, 6.07) is 2.36. The minimum atomic E-state index is -4.62. The molecule has 0 bridgehead atoms. The summed E-state index contributed by atoms with van der Waals surface area (Å²) in [4.78, 5) is 30.1. The van der Waals surface area contributed by atoms with E-state index in [0.717, 1.165) is 24.5 Å². The maximum Gasteiger partial charge on any atom is 0.416 e. The molecule has 0 aliphatic heterocycles. The SMILES string of the molecule is O=C(O)c1nccnc1C(=O)Nc1cc(C(F)(F)F)ccc1Cl. The summed E-state index contributed by atoms with van der Waals surface area (Å²) in [5.41, 5.74) is -2.52. The number of benzene rings is 1. The molecular weight excluding hydrogens is 339 g/mol. The quantitative estimate of drug-likeness (QED) is 0.891. The fraction of sp³-hybridized carbons (Fsp3) is 0.0769. The van der Waals surface area contributed by atoms with Gasteiger partial charge in [0, 0.05) is 12.4 Å². The number of aromatic carboxylic acids is 1. The zero-order valence-electron chi connectivity index (χ0n) is 11.1. The van der Waals surface area contributed by atoms with Crippen molar-refractivity contribution >= 4 is 29.2 Å². The average molecular weight is 346 g/mol. The summed E-state index contributed by atoms with van der Waals surface area (Å²) < 4.78 is 38.0. The molecule has 0 aliphatic carbocycles. The maximum atomic E-state index is 12.7. The van der Waals surface area contributed by atoms with Gasteiger partial charge in [0.2, 0.25) is 0 Å². The molecule has 23 heavy (non-hydrogen) atoms. The largest absolute Gasteiger partial charge is 0.476 e. The molecule has 1 amide bonds. The fourth-order valence-electron chi connectivity index (χ4n) is 1.64. The number of anilines is 1. The highest BCUT2D eigenvalue weighted by Crippen LogP contribution is 2.33. The molecule has 1 aromatic heterocycles. The molecule has 1 aromatic carbocycles. The minimum absolute atomic E-state index is 0.146. The van der Waals surface area contributed by atoms with Gasteiger partial charge < -0.3 is 10.4 Å². The van der Waals surface area contributed by atoms with E-state index in [0.29, 0.717) is 6.07 Å². The van der Waals surface area contributed by atoms with Crippen molar-refractivity contribution < 1.29 is 27.9 Å². The third-order valence-corrected chi connectivity index (χ3v) is 2.99. The molecule has 0 fully saturated rings. The number of carbonyl (C=O) groups excluding carboxylic acids is 1. The molecule has 2 rings (SSSR count). The molecule has 10 heteroatoms. The number of alkyl halides is 3. The standard InChI is InChI=1S/C13H7ClF3N3O3/c14-7-2-1-6(13(15,16)17)5-8(7)20-11(21)9-10(12(22)23)19-4-3-18-9/h1-5H,(H,20,21)(H,22,23). The Kier molecular flexibility index (Phi) is 4.50. The lowest BCUT2D eigenvalue weighted by Gasteiger charge is -2.11. The lowest BCUT2D eigenvalue weighted by atomic mass is 10.2. The van der Waals surface area contributed by atoms with Crippen LogP contribution in [0.4, 0.5) is 18.9 Å². The number of carbonyl (C=O) groups is 2. The molecule has 2 N–H and O–H groups in total. The van der Waals surface area contributed by atoms with Crippen molar-refractivity contribution in [1.29, 1.82) is 0 Å². The van der Waals surface area contributed by atoms with Gasteiger partial charge in [-0.05, 0) is 18.2 Å². The van der Waals surface area contributed by atoms with E-state index in [9.17, 15) is 22.8 Å². The molecule has 6 nitrogen and oxygen atoms in total. The molecule has 2 aromatic rings. The van der Waals surface area contributed by atoms with Crippen molar-refractivity contribution in [2.45, 2.75) is 6.18 Å². The fourth-order valence-corrected chi connectivity index (χ4v) is 1.80. The number of nitrogens with zero attached hydrogens (tertiary/aromatic N) is 2. The Hall–Kier alpha value is -2.68. The van der Waals surface area contributed by atoms with Crippen molar-refractivity contribution in [3.05, 3.63) is 52.6 Å². The summed E-state index contributed by atoms with van der Waals surface area (Å²) in [6.07, 6.45) is -2.48. The second-order valence-electron chi connectivity index (χ2n) is 4.21. The second-order valence-corrected chi connectivity index (χ2v) is 4.61. The highest BCUT2D eigenvalue weighted by molar-refractivity contribution is 6.34. The van der Waals surface area contributed by atoms with Crippen LogP contribution in [0, 0.1) is 0 Å². The van der Waals surface area contributed by atoms with E-state index in [2.05, 4.69) is 15.3 Å². The molecule has 0 aliphatic rings. The zero-order chi connectivity index (χ0) is 17.2. The third kappa shape index (κ3) is 3.75. The smallest absolute Gasteiger partial charge is 0.416 e. The average Bonchev–Trinajstić information content (AvgIpc) is 2.48. The van der Waals surface area contributed by atoms with Crippen LogP contribution in [-0.2, 0) is 6.18 Å². The predicted octanol–water partition coefficient (Wildman–Crippen LogP) is 3.10. The molecule has 0 saturated carbocycles. The minimum Gasteiger partial charge on any atom is -0.476 e.